The van der Waals surface area contributed by atoms with Gasteiger partial charge in [0.2, 0.25) is 0 Å². The summed E-state index contributed by atoms with van der Waals surface area (Å²) in [4.78, 5) is 29.6. The number of carbonyl (C=O) groups is 2. The summed E-state index contributed by atoms with van der Waals surface area (Å²) in [6.45, 7) is 7.63. The molecule has 0 unspecified atom stereocenters. The molecule has 2 aromatic carbocycles. The maximum Gasteiger partial charge on any atom is 0.295 e. The molecule has 6 nitrogen and oxygen atoms in total. The van der Waals surface area contributed by atoms with Crippen molar-refractivity contribution < 1.29 is 19.4 Å². The van der Waals surface area contributed by atoms with Crippen LogP contribution in [-0.2, 0) is 9.59 Å². The molecule has 1 fully saturated rings. The van der Waals surface area contributed by atoms with Gasteiger partial charge in [-0.3, -0.25) is 9.59 Å². The molecule has 0 aromatic heterocycles. The van der Waals surface area contributed by atoms with Gasteiger partial charge in [-0.2, -0.15) is 0 Å². The van der Waals surface area contributed by atoms with Crippen LogP contribution in [0.5, 0.6) is 5.75 Å². The number of aryl methyl sites for hydroxylation is 2. The Morgan fingerprint density at radius 3 is 2.39 bits per heavy atom. The highest BCUT2D eigenvalue weighted by atomic mass is 16.5. The zero-order valence-electron chi connectivity index (χ0n) is 20.2. The molecule has 2 aromatic rings. The van der Waals surface area contributed by atoms with E-state index < -0.39 is 17.7 Å². The molecule has 33 heavy (non-hydrogen) atoms. The number of aliphatic hydroxyl groups excluding tert-OH is 1. The second-order valence-electron chi connectivity index (χ2n) is 8.89. The van der Waals surface area contributed by atoms with Gasteiger partial charge in [-0.15, -0.1) is 0 Å². The van der Waals surface area contributed by atoms with Crippen LogP contribution in [0.15, 0.2) is 48.0 Å². The lowest BCUT2D eigenvalue weighted by atomic mass is 9.94. The number of nitrogens with zero attached hydrogens (tertiary/aromatic N) is 2. The number of rotatable bonds is 9. The van der Waals surface area contributed by atoms with Gasteiger partial charge in [0.1, 0.15) is 11.5 Å². The summed E-state index contributed by atoms with van der Waals surface area (Å²) in [6.07, 6.45) is 2.01. The molecular weight excluding hydrogens is 416 g/mol. The van der Waals surface area contributed by atoms with Crippen LogP contribution in [0.3, 0.4) is 0 Å². The molecule has 1 atom stereocenters. The minimum Gasteiger partial charge on any atom is -0.507 e. The summed E-state index contributed by atoms with van der Waals surface area (Å²) in [7, 11) is 3.84. The first-order valence-electron chi connectivity index (χ1n) is 11.5. The fourth-order valence-electron chi connectivity index (χ4n) is 3.95. The Morgan fingerprint density at radius 1 is 1.09 bits per heavy atom. The summed E-state index contributed by atoms with van der Waals surface area (Å²) in [5.74, 6) is -0.644. The Morgan fingerprint density at radius 2 is 1.79 bits per heavy atom. The quantitative estimate of drug-likeness (QED) is 0.264. The maximum atomic E-state index is 13.1. The fraction of sp³-hybridized carbons (Fsp3) is 0.407. The van der Waals surface area contributed by atoms with Crippen LogP contribution in [-0.4, -0.2) is 60.4 Å². The first-order chi connectivity index (χ1) is 15.7. The predicted octanol–water partition coefficient (Wildman–Crippen LogP) is 4.47. The third kappa shape index (κ3) is 5.45. The molecule has 176 valence electrons. The van der Waals surface area contributed by atoms with Gasteiger partial charge >= 0.3 is 0 Å². The maximum absolute atomic E-state index is 13.1. The average molecular weight is 451 g/mol. The van der Waals surface area contributed by atoms with Gasteiger partial charge < -0.3 is 19.6 Å². The number of ether oxygens (including phenoxy) is 1. The monoisotopic (exact) mass is 450 g/mol. The highest BCUT2D eigenvalue weighted by Crippen LogP contribution is 2.39. The highest BCUT2D eigenvalue weighted by Gasteiger charge is 2.45. The molecule has 1 saturated heterocycles. The van der Waals surface area contributed by atoms with Gasteiger partial charge in [0.15, 0.2) is 0 Å². The van der Waals surface area contributed by atoms with E-state index in [-0.39, 0.29) is 11.3 Å². The fourth-order valence-corrected chi connectivity index (χ4v) is 3.95. The third-order valence-electron chi connectivity index (χ3n) is 5.92. The molecule has 0 saturated carbocycles. The smallest absolute Gasteiger partial charge is 0.295 e. The van der Waals surface area contributed by atoms with Crippen LogP contribution in [0, 0.1) is 13.8 Å². The number of hydrogen-bond donors (Lipinski definition) is 1. The van der Waals surface area contributed by atoms with Crippen LogP contribution >= 0.6 is 0 Å². The molecule has 0 aliphatic carbocycles. The number of carbonyl (C=O) groups excluding carboxylic acids is 2. The van der Waals surface area contributed by atoms with Gasteiger partial charge in [0, 0.05) is 18.7 Å². The molecule has 1 heterocycles. The number of likely N-dealkylation sites (tertiary alicyclic amines) is 1. The van der Waals surface area contributed by atoms with Gasteiger partial charge in [0.25, 0.3) is 11.7 Å². The van der Waals surface area contributed by atoms with Crippen molar-refractivity contribution in [3.05, 3.63) is 70.3 Å². The Kier molecular flexibility index (Phi) is 7.92. The summed E-state index contributed by atoms with van der Waals surface area (Å²) in [5, 5.41) is 11.2. The number of hydrogen-bond acceptors (Lipinski definition) is 5. The Balaban J connectivity index is 2.04. The Hall–Kier alpha value is -3.12. The SMILES string of the molecule is CCCCOc1ccc(C(O)=C2C(=O)C(=O)N(CCN(C)C)[C@H]2c2ccc(C)cc2)cc1C. The van der Waals surface area contributed by atoms with Crippen molar-refractivity contribution in [1.29, 1.82) is 0 Å². The highest BCUT2D eigenvalue weighted by molar-refractivity contribution is 6.46. The number of unbranched alkanes of at least 4 members (excludes halogenated alkanes) is 1. The normalized spacial score (nSPS) is 17.8. The average Bonchev–Trinajstić information content (AvgIpc) is 3.03. The van der Waals surface area contributed by atoms with Crippen molar-refractivity contribution in [3.63, 3.8) is 0 Å². The van der Waals surface area contributed by atoms with E-state index in [1.54, 1.807) is 17.0 Å². The largest absolute Gasteiger partial charge is 0.507 e. The second-order valence-corrected chi connectivity index (χ2v) is 8.89. The van der Waals surface area contributed by atoms with Crippen molar-refractivity contribution in [1.82, 2.24) is 9.80 Å². The van der Waals surface area contributed by atoms with Crippen LogP contribution < -0.4 is 4.74 Å². The standard InChI is InChI=1S/C27H34N2O4/c1-6-7-16-33-22-13-12-21(17-19(22)3)25(30)23-24(20-10-8-18(2)9-11-20)29(15-14-28(4)5)27(32)26(23)31/h8-13,17,24,30H,6-7,14-16H2,1-5H3/t24-/m0/s1. The molecule has 1 amide bonds. The second kappa shape index (κ2) is 10.7. The first kappa shape index (κ1) is 24.5. The minimum atomic E-state index is -0.655. The Labute approximate surface area is 196 Å². The summed E-state index contributed by atoms with van der Waals surface area (Å²) >= 11 is 0. The van der Waals surface area contributed by atoms with E-state index in [0.717, 1.165) is 35.3 Å². The Bertz CT molecular complexity index is 1040. The van der Waals surface area contributed by atoms with Gasteiger partial charge in [-0.1, -0.05) is 43.2 Å². The van der Waals surface area contributed by atoms with Crippen LogP contribution in [0.4, 0.5) is 0 Å². The summed E-state index contributed by atoms with van der Waals surface area (Å²) in [5.41, 5.74) is 3.37. The number of likely N-dealkylation sites (N-methyl/N-ethyl adjacent to an activating group) is 1. The number of ketones is 1. The van der Waals surface area contributed by atoms with Crippen molar-refractivity contribution >= 4 is 17.4 Å². The van der Waals surface area contributed by atoms with Gasteiger partial charge in [-0.05, 0) is 63.7 Å². The first-order valence-corrected chi connectivity index (χ1v) is 11.5. The van der Waals surface area contributed by atoms with E-state index in [0.29, 0.717) is 25.3 Å². The zero-order valence-corrected chi connectivity index (χ0v) is 20.2. The van der Waals surface area contributed by atoms with E-state index >= 15 is 0 Å². The molecule has 0 spiro atoms. The van der Waals surface area contributed by atoms with Crippen LogP contribution in [0.1, 0.15) is 48.1 Å². The van der Waals surface area contributed by atoms with Crippen molar-refractivity contribution in [2.45, 2.75) is 39.7 Å². The molecule has 1 N–H and O–H groups in total. The van der Waals surface area contributed by atoms with E-state index in [9.17, 15) is 14.7 Å². The molecule has 1 aliphatic rings. The zero-order chi connectivity index (χ0) is 24.1. The number of benzene rings is 2. The summed E-state index contributed by atoms with van der Waals surface area (Å²) in [6, 6.07) is 12.4. The van der Waals surface area contributed by atoms with Crippen molar-refractivity contribution in [2.24, 2.45) is 0 Å². The third-order valence-corrected chi connectivity index (χ3v) is 5.92. The molecule has 3 rings (SSSR count). The lowest BCUT2D eigenvalue weighted by Gasteiger charge is -2.26. The van der Waals surface area contributed by atoms with E-state index in [4.69, 9.17) is 4.74 Å². The van der Waals surface area contributed by atoms with E-state index in [1.165, 1.54) is 0 Å². The van der Waals surface area contributed by atoms with Gasteiger partial charge in [-0.25, -0.2) is 0 Å². The van der Waals surface area contributed by atoms with Gasteiger partial charge in [0.05, 0.1) is 18.2 Å². The van der Waals surface area contributed by atoms with Crippen LogP contribution in [0.2, 0.25) is 0 Å². The topological polar surface area (TPSA) is 70.1 Å². The molecule has 6 heteroatoms. The van der Waals surface area contributed by atoms with Crippen molar-refractivity contribution in [3.8, 4) is 5.75 Å². The molecule has 0 radical (unpaired) electrons. The number of aliphatic hydroxyl groups is 1. The molecular formula is C27H34N2O4. The molecule has 0 bridgehead atoms. The lowest BCUT2D eigenvalue weighted by molar-refractivity contribution is -0.140. The predicted molar refractivity (Wildman–Crippen MR) is 130 cm³/mol. The number of amides is 1. The number of Topliss-reactive ketones (excluding diaryl/α,β-unsaturated/α-hetero) is 1. The summed E-state index contributed by atoms with van der Waals surface area (Å²) < 4.78 is 5.82. The van der Waals surface area contributed by atoms with E-state index in [2.05, 4.69) is 6.92 Å². The lowest BCUT2D eigenvalue weighted by Crippen LogP contribution is -2.35. The minimum absolute atomic E-state index is 0.127. The van der Waals surface area contributed by atoms with E-state index in [1.807, 2.05) is 63.2 Å². The molecule has 1 aliphatic heterocycles. The van der Waals surface area contributed by atoms with Crippen LogP contribution in [0.25, 0.3) is 5.76 Å². The van der Waals surface area contributed by atoms with Crippen molar-refractivity contribution in [2.75, 3.05) is 33.8 Å².